The zero-order chi connectivity index (χ0) is 13.7. The average Bonchev–Trinajstić information content (AvgIpc) is 3.04. The molecule has 1 fully saturated rings. The van der Waals surface area contributed by atoms with E-state index in [-0.39, 0.29) is 18.0 Å². The molecule has 0 aliphatic carbocycles. The fourth-order valence-electron chi connectivity index (χ4n) is 3.46. The average molecular weight is 265 g/mol. The molecule has 4 nitrogen and oxygen atoms in total. The van der Waals surface area contributed by atoms with Crippen molar-refractivity contribution in [3.63, 3.8) is 0 Å². The van der Waals surface area contributed by atoms with Crippen LogP contribution in [0, 0.1) is 6.92 Å². The highest BCUT2D eigenvalue weighted by atomic mass is 16.2. The van der Waals surface area contributed by atoms with E-state index in [4.69, 9.17) is 0 Å². The lowest BCUT2D eigenvalue weighted by Crippen LogP contribution is -2.28. The minimum atomic E-state index is 0.00111. The third kappa shape index (κ3) is 1.51. The van der Waals surface area contributed by atoms with Crippen LogP contribution in [-0.4, -0.2) is 20.8 Å². The Kier molecular flexibility index (Phi) is 2.39. The molecule has 2 aliphatic heterocycles. The van der Waals surface area contributed by atoms with Crippen molar-refractivity contribution in [2.75, 3.05) is 0 Å². The summed E-state index contributed by atoms with van der Waals surface area (Å²) in [7, 11) is 0. The van der Waals surface area contributed by atoms with Crippen molar-refractivity contribution in [2.45, 2.75) is 31.8 Å². The maximum Gasteiger partial charge on any atom is 0.275 e. The highest BCUT2D eigenvalue weighted by Gasteiger charge is 2.46. The fraction of sp³-hybridized carbons (Fsp3) is 0.312. The van der Waals surface area contributed by atoms with Crippen molar-refractivity contribution in [3.8, 4) is 0 Å². The van der Waals surface area contributed by atoms with Gasteiger partial charge in [0.25, 0.3) is 5.91 Å². The van der Waals surface area contributed by atoms with Gasteiger partial charge in [-0.25, -0.2) is 4.98 Å². The molecular formula is C16H15N3O. The van der Waals surface area contributed by atoms with Gasteiger partial charge in [-0.1, -0.05) is 24.3 Å². The Labute approximate surface area is 117 Å². The van der Waals surface area contributed by atoms with Gasteiger partial charge in [-0.3, -0.25) is 9.78 Å². The zero-order valence-electron chi connectivity index (χ0n) is 11.3. The minimum Gasteiger partial charge on any atom is -0.323 e. The van der Waals surface area contributed by atoms with Gasteiger partial charge in [0.1, 0.15) is 5.69 Å². The van der Waals surface area contributed by atoms with Gasteiger partial charge in [-0.05, 0) is 30.9 Å². The number of nitrogens with zero attached hydrogens (tertiary/aromatic N) is 3. The molecule has 2 bridgehead atoms. The summed E-state index contributed by atoms with van der Waals surface area (Å²) in [6.45, 7) is 1.87. The molecule has 2 unspecified atom stereocenters. The molecule has 2 aliphatic rings. The molecule has 1 aromatic carbocycles. The van der Waals surface area contributed by atoms with Gasteiger partial charge in [0.05, 0.1) is 24.0 Å². The lowest BCUT2D eigenvalue weighted by Gasteiger charge is -2.21. The lowest BCUT2D eigenvalue weighted by molar-refractivity contribution is 0.0690. The maximum absolute atomic E-state index is 12.7. The second-order valence-corrected chi connectivity index (χ2v) is 5.49. The standard InChI is InChI=1S/C16H15N3O/c1-10-8-18-13(9-17-10)16(20)19-14-6-7-15(19)12-5-3-2-4-11(12)14/h2-5,8-9,14-15H,6-7H2,1H3. The van der Waals surface area contributed by atoms with Crippen molar-refractivity contribution in [2.24, 2.45) is 0 Å². The van der Waals surface area contributed by atoms with Gasteiger partial charge in [0.15, 0.2) is 0 Å². The van der Waals surface area contributed by atoms with Crippen LogP contribution in [0.2, 0.25) is 0 Å². The van der Waals surface area contributed by atoms with E-state index in [0.29, 0.717) is 5.69 Å². The molecule has 20 heavy (non-hydrogen) atoms. The van der Waals surface area contributed by atoms with Crippen LogP contribution in [0.1, 0.15) is 52.2 Å². The van der Waals surface area contributed by atoms with E-state index in [2.05, 4.69) is 22.1 Å². The third-order valence-electron chi connectivity index (χ3n) is 4.33. The number of amides is 1. The topological polar surface area (TPSA) is 46.1 Å². The van der Waals surface area contributed by atoms with E-state index in [1.807, 2.05) is 24.0 Å². The van der Waals surface area contributed by atoms with Crippen LogP contribution in [-0.2, 0) is 0 Å². The van der Waals surface area contributed by atoms with Gasteiger partial charge >= 0.3 is 0 Å². The van der Waals surface area contributed by atoms with E-state index < -0.39 is 0 Å². The monoisotopic (exact) mass is 265 g/mol. The second-order valence-electron chi connectivity index (χ2n) is 5.49. The van der Waals surface area contributed by atoms with Crippen molar-refractivity contribution < 1.29 is 4.79 Å². The first-order chi connectivity index (χ1) is 9.75. The molecular weight excluding hydrogens is 250 g/mol. The van der Waals surface area contributed by atoms with Gasteiger partial charge in [0.2, 0.25) is 0 Å². The molecule has 2 aromatic rings. The Bertz CT molecular complexity index is 649. The first-order valence-corrected chi connectivity index (χ1v) is 6.96. The summed E-state index contributed by atoms with van der Waals surface area (Å²) < 4.78 is 0. The number of carbonyl (C=O) groups excluding carboxylic acids is 1. The summed E-state index contributed by atoms with van der Waals surface area (Å²) in [6, 6.07) is 8.81. The predicted molar refractivity (Wildman–Crippen MR) is 74.1 cm³/mol. The van der Waals surface area contributed by atoms with Crippen LogP contribution >= 0.6 is 0 Å². The summed E-state index contributed by atoms with van der Waals surface area (Å²) >= 11 is 0. The van der Waals surface area contributed by atoms with Crippen molar-refractivity contribution in [1.29, 1.82) is 0 Å². The smallest absolute Gasteiger partial charge is 0.275 e. The Balaban J connectivity index is 1.72. The van der Waals surface area contributed by atoms with Crippen LogP contribution in [0.3, 0.4) is 0 Å². The van der Waals surface area contributed by atoms with Crippen LogP contribution < -0.4 is 0 Å². The molecule has 0 radical (unpaired) electrons. The van der Waals surface area contributed by atoms with Crippen LogP contribution in [0.25, 0.3) is 0 Å². The number of fused-ring (bicyclic) bond motifs is 5. The van der Waals surface area contributed by atoms with Gasteiger partial charge in [0, 0.05) is 6.20 Å². The summed E-state index contributed by atoms with van der Waals surface area (Å²) in [6.07, 6.45) is 5.33. The van der Waals surface area contributed by atoms with Gasteiger partial charge < -0.3 is 4.90 Å². The Morgan fingerprint density at radius 1 is 1.10 bits per heavy atom. The number of hydrogen-bond donors (Lipinski definition) is 0. The highest BCUT2D eigenvalue weighted by molar-refractivity contribution is 5.93. The van der Waals surface area contributed by atoms with E-state index in [9.17, 15) is 4.79 Å². The second kappa shape index (κ2) is 4.13. The van der Waals surface area contributed by atoms with Gasteiger partial charge in [-0.2, -0.15) is 0 Å². The highest BCUT2D eigenvalue weighted by Crippen LogP contribution is 2.53. The fourth-order valence-corrected chi connectivity index (χ4v) is 3.46. The van der Waals surface area contributed by atoms with Crippen LogP contribution in [0.4, 0.5) is 0 Å². The molecule has 1 amide bonds. The quantitative estimate of drug-likeness (QED) is 0.796. The first kappa shape index (κ1) is 11.6. The normalized spacial score (nSPS) is 22.9. The molecule has 100 valence electrons. The maximum atomic E-state index is 12.7. The summed E-state index contributed by atoms with van der Waals surface area (Å²) in [5.74, 6) is 0.00111. The molecule has 1 aromatic heterocycles. The summed E-state index contributed by atoms with van der Waals surface area (Å²) in [4.78, 5) is 23.1. The number of aromatic nitrogens is 2. The van der Waals surface area contributed by atoms with Crippen LogP contribution in [0.15, 0.2) is 36.7 Å². The number of benzene rings is 1. The van der Waals surface area contributed by atoms with E-state index in [0.717, 1.165) is 18.5 Å². The Hall–Kier alpha value is -2.23. The largest absolute Gasteiger partial charge is 0.323 e. The third-order valence-corrected chi connectivity index (χ3v) is 4.33. The zero-order valence-corrected chi connectivity index (χ0v) is 11.3. The molecule has 3 heterocycles. The molecule has 1 saturated heterocycles. The molecule has 0 spiro atoms. The Morgan fingerprint density at radius 3 is 2.30 bits per heavy atom. The number of carbonyl (C=O) groups is 1. The Morgan fingerprint density at radius 2 is 1.75 bits per heavy atom. The van der Waals surface area contributed by atoms with Crippen molar-refractivity contribution in [3.05, 3.63) is 59.2 Å². The number of aryl methyl sites for hydroxylation is 1. The molecule has 4 heteroatoms. The van der Waals surface area contributed by atoms with E-state index in [1.54, 1.807) is 12.4 Å². The minimum absolute atomic E-state index is 0.00111. The van der Waals surface area contributed by atoms with E-state index in [1.165, 1.54) is 11.1 Å². The summed E-state index contributed by atoms with van der Waals surface area (Å²) in [5.41, 5.74) is 3.88. The number of hydrogen-bond acceptors (Lipinski definition) is 3. The van der Waals surface area contributed by atoms with Crippen molar-refractivity contribution in [1.82, 2.24) is 14.9 Å². The molecule has 0 saturated carbocycles. The molecule has 0 N–H and O–H groups in total. The molecule has 4 rings (SSSR count). The number of rotatable bonds is 1. The molecule has 2 atom stereocenters. The van der Waals surface area contributed by atoms with Gasteiger partial charge in [-0.15, -0.1) is 0 Å². The van der Waals surface area contributed by atoms with E-state index >= 15 is 0 Å². The first-order valence-electron chi connectivity index (χ1n) is 6.96. The lowest BCUT2D eigenvalue weighted by atomic mass is 9.92. The van der Waals surface area contributed by atoms with Crippen LogP contribution in [0.5, 0.6) is 0 Å². The van der Waals surface area contributed by atoms with Crippen molar-refractivity contribution >= 4 is 5.91 Å². The predicted octanol–water partition coefficient (Wildman–Crippen LogP) is 2.82. The summed E-state index contributed by atoms with van der Waals surface area (Å²) in [5, 5.41) is 0. The SMILES string of the molecule is Cc1cnc(C(=O)N2C3CCC2c2ccccc23)cn1.